The van der Waals surface area contributed by atoms with Crippen molar-refractivity contribution in [3.8, 4) is 0 Å². The Morgan fingerprint density at radius 2 is 1.91 bits per heavy atom. The van der Waals surface area contributed by atoms with Crippen LogP contribution in [0.1, 0.15) is 26.3 Å². The average Bonchev–Trinajstić information content (AvgIpc) is 2.45. The van der Waals surface area contributed by atoms with Crippen LogP contribution >= 0.6 is 15.9 Å². The van der Waals surface area contributed by atoms with Gasteiger partial charge in [0.25, 0.3) is 0 Å². The number of hydrogen-bond donors (Lipinski definition) is 1. The fraction of sp³-hybridized carbons (Fsp3) is 0.562. The van der Waals surface area contributed by atoms with Crippen molar-refractivity contribution in [2.75, 3.05) is 31.1 Å². The van der Waals surface area contributed by atoms with E-state index in [0.29, 0.717) is 19.6 Å². The van der Waals surface area contributed by atoms with Crippen molar-refractivity contribution in [2.24, 2.45) is 5.73 Å². The van der Waals surface area contributed by atoms with Crippen molar-refractivity contribution in [2.45, 2.75) is 32.9 Å². The number of anilines is 1. The maximum absolute atomic E-state index is 12.1. The van der Waals surface area contributed by atoms with Crippen molar-refractivity contribution in [3.05, 3.63) is 28.2 Å². The lowest BCUT2D eigenvalue weighted by atomic mass is 10.2. The van der Waals surface area contributed by atoms with E-state index in [9.17, 15) is 4.79 Å². The van der Waals surface area contributed by atoms with E-state index in [1.54, 1.807) is 4.90 Å². The number of hydrogen-bond acceptors (Lipinski definition) is 4. The Morgan fingerprint density at radius 3 is 2.41 bits per heavy atom. The number of carbonyl (C=O) groups excluding carboxylic acids is 1. The minimum absolute atomic E-state index is 0.230. The molecule has 1 aliphatic heterocycles. The summed E-state index contributed by atoms with van der Waals surface area (Å²) in [7, 11) is 0. The number of amides is 1. The lowest BCUT2D eigenvalue weighted by Crippen LogP contribution is -2.50. The number of nitrogens with two attached hydrogens (primary N) is 1. The third-order valence-corrected chi connectivity index (χ3v) is 4.29. The van der Waals surface area contributed by atoms with Crippen LogP contribution in [0.15, 0.2) is 22.7 Å². The van der Waals surface area contributed by atoms with E-state index >= 15 is 0 Å². The first-order valence-corrected chi connectivity index (χ1v) is 8.31. The van der Waals surface area contributed by atoms with Crippen molar-refractivity contribution < 1.29 is 9.53 Å². The molecule has 0 unspecified atom stereocenters. The van der Waals surface area contributed by atoms with Crippen LogP contribution in [0.5, 0.6) is 0 Å². The van der Waals surface area contributed by atoms with Gasteiger partial charge in [-0.25, -0.2) is 4.79 Å². The Kier molecular flexibility index (Phi) is 5.34. The molecular weight excluding hydrogens is 346 g/mol. The number of rotatable bonds is 2. The first-order valence-electron chi connectivity index (χ1n) is 7.51. The highest BCUT2D eigenvalue weighted by Crippen LogP contribution is 2.25. The summed E-state index contributed by atoms with van der Waals surface area (Å²) in [5.41, 5.74) is 7.47. The van der Waals surface area contributed by atoms with E-state index in [1.807, 2.05) is 26.8 Å². The molecule has 0 aromatic heterocycles. The maximum atomic E-state index is 12.1. The van der Waals surface area contributed by atoms with Gasteiger partial charge in [-0.15, -0.1) is 0 Å². The Labute approximate surface area is 140 Å². The highest BCUT2D eigenvalue weighted by Gasteiger charge is 2.26. The quantitative estimate of drug-likeness (QED) is 0.870. The molecule has 0 aliphatic carbocycles. The van der Waals surface area contributed by atoms with Gasteiger partial charge in [0.05, 0.1) is 0 Å². The number of piperazine rings is 1. The standard InChI is InChI=1S/C16H24BrN3O2/c1-16(2,3)22-15(21)20-8-6-19(7-9-20)13-5-4-12(11-18)14(17)10-13/h4-5,10H,6-9,11,18H2,1-3H3. The summed E-state index contributed by atoms with van der Waals surface area (Å²) in [6.07, 6.45) is -0.230. The Bertz CT molecular complexity index is 535. The van der Waals surface area contributed by atoms with Crippen LogP contribution in [0.3, 0.4) is 0 Å². The summed E-state index contributed by atoms with van der Waals surface area (Å²) in [4.78, 5) is 16.1. The monoisotopic (exact) mass is 369 g/mol. The van der Waals surface area contributed by atoms with E-state index < -0.39 is 5.60 Å². The molecule has 0 saturated carbocycles. The van der Waals surface area contributed by atoms with Gasteiger partial charge < -0.3 is 20.3 Å². The van der Waals surface area contributed by atoms with Crippen LogP contribution in [-0.2, 0) is 11.3 Å². The highest BCUT2D eigenvalue weighted by atomic mass is 79.9. The van der Waals surface area contributed by atoms with Gasteiger partial charge >= 0.3 is 6.09 Å². The Morgan fingerprint density at radius 1 is 1.27 bits per heavy atom. The molecule has 1 aromatic carbocycles. The van der Waals surface area contributed by atoms with Crippen molar-refractivity contribution in [1.29, 1.82) is 0 Å². The minimum Gasteiger partial charge on any atom is -0.444 e. The molecule has 0 atom stereocenters. The van der Waals surface area contributed by atoms with Gasteiger partial charge in [-0.1, -0.05) is 22.0 Å². The number of benzene rings is 1. The summed E-state index contributed by atoms with van der Waals surface area (Å²) in [6, 6.07) is 6.21. The molecule has 6 heteroatoms. The summed E-state index contributed by atoms with van der Waals surface area (Å²) in [6.45, 7) is 9.12. The topological polar surface area (TPSA) is 58.8 Å². The molecule has 22 heavy (non-hydrogen) atoms. The summed E-state index contributed by atoms with van der Waals surface area (Å²) in [5.74, 6) is 0. The van der Waals surface area contributed by atoms with Crippen molar-refractivity contribution >= 4 is 27.7 Å². The zero-order valence-electron chi connectivity index (χ0n) is 13.4. The van der Waals surface area contributed by atoms with Crippen LogP contribution in [0.4, 0.5) is 10.5 Å². The predicted molar refractivity (Wildman–Crippen MR) is 92.1 cm³/mol. The third-order valence-electron chi connectivity index (χ3n) is 3.55. The summed E-state index contributed by atoms with van der Waals surface area (Å²) < 4.78 is 6.44. The smallest absolute Gasteiger partial charge is 0.410 e. The van der Waals surface area contributed by atoms with E-state index in [2.05, 4.69) is 33.0 Å². The normalized spacial score (nSPS) is 15.9. The molecule has 5 nitrogen and oxygen atoms in total. The number of nitrogens with zero attached hydrogens (tertiary/aromatic N) is 2. The molecule has 1 fully saturated rings. The SMILES string of the molecule is CC(C)(C)OC(=O)N1CCN(c2ccc(CN)c(Br)c2)CC1. The van der Waals surface area contributed by atoms with Crippen molar-refractivity contribution in [3.63, 3.8) is 0 Å². The third kappa shape index (κ3) is 4.36. The second kappa shape index (κ2) is 6.87. The molecule has 1 saturated heterocycles. The van der Waals surface area contributed by atoms with Crippen LogP contribution in [-0.4, -0.2) is 42.8 Å². The van der Waals surface area contributed by atoms with E-state index in [0.717, 1.165) is 28.8 Å². The molecule has 0 bridgehead atoms. The fourth-order valence-corrected chi connectivity index (χ4v) is 2.90. The van der Waals surface area contributed by atoms with Gasteiger partial charge in [0.15, 0.2) is 0 Å². The van der Waals surface area contributed by atoms with Crippen LogP contribution in [0.25, 0.3) is 0 Å². The van der Waals surface area contributed by atoms with Crippen molar-refractivity contribution in [1.82, 2.24) is 4.90 Å². The molecule has 122 valence electrons. The second-order valence-electron chi connectivity index (χ2n) is 6.43. The number of carbonyl (C=O) groups is 1. The molecule has 2 N–H and O–H groups in total. The fourth-order valence-electron chi connectivity index (χ4n) is 2.37. The molecule has 1 amide bonds. The van der Waals surface area contributed by atoms with E-state index in [-0.39, 0.29) is 6.09 Å². The van der Waals surface area contributed by atoms with Gasteiger partial charge in [-0.2, -0.15) is 0 Å². The molecule has 0 radical (unpaired) electrons. The van der Waals surface area contributed by atoms with Gasteiger partial charge in [0, 0.05) is 42.9 Å². The summed E-state index contributed by atoms with van der Waals surface area (Å²) in [5, 5.41) is 0. The first kappa shape index (κ1) is 17.1. The lowest BCUT2D eigenvalue weighted by Gasteiger charge is -2.36. The van der Waals surface area contributed by atoms with Gasteiger partial charge in [-0.3, -0.25) is 0 Å². The molecule has 1 aromatic rings. The molecular formula is C16H24BrN3O2. The lowest BCUT2D eigenvalue weighted by molar-refractivity contribution is 0.0240. The maximum Gasteiger partial charge on any atom is 0.410 e. The minimum atomic E-state index is -0.447. The van der Waals surface area contributed by atoms with Crippen LogP contribution in [0.2, 0.25) is 0 Å². The highest BCUT2D eigenvalue weighted by molar-refractivity contribution is 9.10. The van der Waals surface area contributed by atoms with E-state index in [1.165, 1.54) is 0 Å². The summed E-state index contributed by atoms with van der Waals surface area (Å²) >= 11 is 3.55. The second-order valence-corrected chi connectivity index (χ2v) is 7.29. The van der Waals surface area contributed by atoms with Gasteiger partial charge in [0.1, 0.15) is 5.60 Å². The molecule has 1 aliphatic rings. The Hall–Kier alpha value is -1.27. The predicted octanol–water partition coefficient (Wildman–Crippen LogP) is 2.96. The van der Waals surface area contributed by atoms with Gasteiger partial charge in [0.2, 0.25) is 0 Å². The number of halogens is 1. The van der Waals surface area contributed by atoms with Crippen LogP contribution in [0, 0.1) is 0 Å². The zero-order valence-corrected chi connectivity index (χ0v) is 15.0. The zero-order chi connectivity index (χ0) is 16.3. The average molecular weight is 370 g/mol. The molecule has 2 rings (SSSR count). The first-order chi connectivity index (χ1) is 10.3. The largest absolute Gasteiger partial charge is 0.444 e. The number of ether oxygens (including phenoxy) is 1. The molecule has 1 heterocycles. The van der Waals surface area contributed by atoms with Gasteiger partial charge in [-0.05, 0) is 38.5 Å². The van der Waals surface area contributed by atoms with E-state index in [4.69, 9.17) is 10.5 Å². The molecule has 0 spiro atoms. The van der Waals surface area contributed by atoms with Crippen LogP contribution < -0.4 is 10.6 Å². The Balaban J connectivity index is 1.94.